The van der Waals surface area contributed by atoms with Gasteiger partial charge in [-0.25, -0.2) is 14.2 Å². The lowest BCUT2D eigenvalue weighted by molar-refractivity contribution is -0.384. The van der Waals surface area contributed by atoms with Crippen molar-refractivity contribution in [2.45, 2.75) is 6.54 Å². The number of thiazole rings is 1. The van der Waals surface area contributed by atoms with E-state index < -0.39 is 33.6 Å². The molecule has 2 N–H and O–H groups in total. The molecule has 10 heteroatoms. The van der Waals surface area contributed by atoms with Gasteiger partial charge in [0.05, 0.1) is 11.5 Å². The molecule has 0 unspecified atom stereocenters. The van der Waals surface area contributed by atoms with Crippen LogP contribution >= 0.6 is 22.9 Å². The van der Waals surface area contributed by atoms with Crippen molar-refractivity contribution >= 4 is 40.3 Å². The average Bonchev–Trinajstić information content (AvgIpc) is 2.81. The summed E-state index contributed by atoms with van der Waals surface area (Å²) < 4.78 is 13.9. The fraction of sp³-hybridized carbons (Fsp3) is 0.0909. The van der Waals surface area contributed by atoms with Gasteiger partial charge in [0.2, 0.25) is 0 Å². The first kappa shape index (κ1) is 15.1. The van der Waals surface area contributed by atoms with Crippen LogP contribution in [-0.2, 0) is 6.54 Å². The zero-order valence-corrected chi connectivity index (χ0v) is 11.7. The fourth-order valence-electron chi connectivity index (χ4n) is 1.65. The van der Waals surface area contributed by atoms with Crippen LogP contribution in [0, 0.1) is 15.9 Å². The summed E-state index contributed by atoms with van der Waals surface area (Å²) in [4.78, 5) is 25.7. The number of aromatic carboxylic acids is 1. The number of anilines is 1. The Balaban J connectivity index is 2.41. The summed E-state index contributed by atoms with van der Waals surface area (Å²) in [6.07, 6.45) is 1.44. The highest BCUT2D eigenvalue weighted by Gasteiger charge is 2.25. The Bertz CT molecular complexity index is 721. The minimum atomic E-state index is -1.60. The van der Waals surface area contributed by atoms with E-state index in [0.717, 1.165) is 23.5 Å². The highest BCUT2D eigenvalue weighted by molar-refractivity contribution is 7.15. The molecular formula is C11H7ClFN3O4S. The van der Waals surface area contributed by atoms with Gasteiger partial charge < -0.3 is 10.4 Å². The molecule has 0 saturated heterocycles. The van der Waals surface area contributed by atoms with Gasteiger partial charge in [-0.05, 0) is 6.07 Å². The highest BCUT2D eigenvalue weighted by Crippen LogP contribution is 2.31. The Hall–Kier alpha value is -2.26. The molecule has 0 fully saturated rings. The zero-order valence-electron chi connectivity index (χ0n) is 10.2. The second-order valence-corrected chi connectivity index (χ2v) is 5.51. The van der Waals surface area contributed by atoms with E-state index in [1.165, 1.54) is 6.20 Å². The van der Waals surface area contributed by atoms with Gasteiger partial charge in [-0.2, -0.15) is 0 Å². The maximum Gasteiger partial charge on any atom is 0.341 e. The first-order valence-electron chi connectivity index (χ1n) is 5.44. The molecule has 7 nitrogen and oxygen atoms in total. The van der Waals surface area contributed by atoms with Crippen LogP contribution in [0.5, 0.6) is 0 Å². The standard InChI is InChI=1S/C11H7ClFN3O4S/c12-11-15-4-5(21-11)3-14-9-7(16(19)20)2-1-6(13)8(9)10(17)18/h1-2,4,14H,3H2,(H,17,18). The smallest absolute Gasteiger partial charge is 0.341 e. The van der Waals surface area contributed by atoms with E-state index in [2.05, 4.69) is 10.3 Å². The van der Waals surface area contributed by atoms with E-state index in [9.17, 15) is 19.3 Å². The van der Waals surface area contributed by atoms with Crippen LogP contribution in [0.1, 0.15) is 15.2 Å². The first-order valence-corrected chi connectivity index (χ1v) is 6.64. The monoisotopic (exact) mass is 331 g/mol. The molecule has 0 saturated carbocycles. The van der Waals surface area contributed by atoms with E-state index >= 15 is 0 Å². The summed E-state index contributed by atoms with van der Waals surface area (Å²) >= 11 is 6.77. The molecule has 21 heavy (non-hydrogen) atoms. The van der Waals surface area contributed by atoms with E-state index in [4.69, 9.17) is 16.7 Å². The third-order valence-corrected chi connectivity index (χ3v) is 3.62. The van der Waals surface area contributed by atoms with Crippen molar-refractivity contribution < 1.29 is 19.2 Å². The molecule has 0 aliphatic heterocycles. The minimum Gasteiger partial charge on any atom is -0.478 e. The summed E-state index contributed by atoms with van der Waals surface area (Å²) in [5.74, 6) is -2.65. The molecule has 0 atom stereocenters. The van der Waals surface area contributed by atoms with Crippen LogP contribution in [0.2, 0.25) is 4.47 Å². The van der Waals surface area contributed by atoms with Crippen LogP contribution in [0.4, 0.5) is 15.8 Å². The van der Waals surface area contributed by atoms with Crippen molar-refractivity contribution in [1.29, 1.82) is 0 Å². The van der Waals surface area contributed by atoms with Crippen LogP contribution < -0.4 is 5.32 Å². The largest absolute Gasteiger partial charge is 0.478 e. The van der Waals surface area contributed by atoms with Crippen LogP contribution in [0.3, 0.4) is 0 Å². The van der Waals surface area contributed by atoms with Gasteiger partial charge in [-0.3, -0.25) is 10.1 Å². The lowest BCUT2D eigenvalue weighted by Gasteiger charge is -2.09. The second kappa shape index (κ2) is 6.02. The van der Waals surface area contributed by atoms with E-state index in [-0.39, 0.29) is 11.0 Å². The summed E-state index contributed by atoms with van der Waals surface area (Å²) in [7, 11) is 0. The summed E-state index contributed by atoms with van der Waals surface area (Å²) in [6.45, 7) is 0.0367. The number of nitro groups is 1. The molecule has 110 valence electrons. The Morgan fingerprint density at radius 2 is 2.29 bits per heavy atom. The number of nitrogens with zero attached hydrogens (tertiary/aromatic N) is 2. The molecule has 0 amide bonds. The third-order valence-electron chi connectivity index (χ3n) is 2.51. The highest BCUT2D eigenvalue weighted by atomic mass is 35.5. The molecule has 0 spiro atoms. The summed E-state index contributed by atoms with van der Waals surface area (Å²) in [6, 6.07) is 1.65. The maximum atomic E-state index is 13.6. The van der Waals surface area contributed by atoms with Crippen molar-refractivity contribution in [3.8, 4) is 0 Å². The van der Waals surface area contributed by atoms with E-state index in [1.807, 2.05) is 0 Å². The summed E-state index contributed by atoms with van der Waals surface area (Å²) in [5, 5.41) is 22.5. The quantitative estimate of drug-likeness (QED) is 0.644. The zero-order chi connectivity index (χ0) is 15.6. The van der Waals surface area contributed by atoms with Crippen LogP contribution in [0.25, 0.3) is 0 Å². The molecule has 2 rings (SSSR count). The maximum absolute atomic E-state index is 13.6. The fourth-order valence-corrected chi connectivity index (χ4v) is 2.56. The Labute approximate surface area is 126 Å². The number of nitrogens with one attached hydrogen (secondary N) is 1. The number of hydrogen-bond acceptors (Lipinski definition) is 6. The lowest BCUT2D eigenvalue weighted by atomic mass is 10.1. The normalized spacial score (nSPS) is 10.4. The van der Waals surface area contributed by atoms with Gasteiger partial charge in [0.25, 0.3) is 5.69 Å². The Morgan fingerprint density at radius 1 is 1.57 bits per heavy atom. The van der Waals surface area contributed by atoms with Gasteiger partial charge in [-0.1, -0.05) is 11.6 Å². The molecule has 2 aromatic rings. The molecule has 1 aromatic carbocycles. The Kier molecular flexibility index (Phi) is 4.34. The molecule has 0 aliphatic carbocycles. The number of hydrogen-bond donors (Lipinski definition) is 2. The molecular weight excluding hydrogens is 325 g/mol. The van der Waals surface area contributed by atoms with E-state index in [1.54, 1.807) is 0 Å². The number of carbonyl (C=O) groups is 1. The average molecular weight is 332 g/mol. The number of carboxylic acid groups (broad SMARTS) is 1. The van der Waals surface area contributed by atoms with Gasteiger partial charge >= 0.3 is 5.97 Å². The molecule has 0 bridgehead atoms. The van der Waals surface area contributed by atoms with Crippen LogP contribution in [0.15, 0.2) is 18.3 Å². The van der Waals surface area contributed by atoms with Gasteiger partial charge in [0.15, 0.2) is 4.47 Å². The molecule has 0 radical (unpaired) electrons. The van der Waals surface area contributed by atoms with Crippen molar-refractivity contribution in [2.24, 2.45) is 0 Å². The number of carboxylic acids is 1. The SMILES string of the molecule is O=C(O)c1c(F)ccc([N+](=O)[O-])c1NCc1cnc(Cl)s1. The van der Waals surface area contributed by atoms with Gasteiger partial charge in [0, 0.05) is 17.1 Å². The number of halogens is 2. The number of rotatable bonds is 5. The van der Waals surface area contributed by atoms with E-state index in [0.29, 0.717) is 4.88 Å². The van der Waals surface area contributed by atoms with Crippen molar-refractivity contribution in [2.75, 3.05) is 5.32 Å². The molecule has 1 aromatic heterocycles. The first-order chi connectivity index (χ1) is 9.90. The number of nitro benzene ring substituents is 1. The minimum absolute atomic E-state index is 0.0367. The summed E-state index contributed by atoms with van der Waals surface area (Å²) in [5.41, 5.74) is -1.69. The van der Waals surface area contributed by atoms with Gasteiger partial charge in [0.1, 0.15) is 17.1 Å². The second-order valence-electron chi connectivity index (χ2n) is 3.81. The lowest BCUT2D eigenvalue weighted by Crippen LogP contribution is -2.10. The predicted molar refractivity (Wildman–Crippen MR) is 74.5 cm³/mol. The van der Waals surface area contributed by atoms with Crippen molar-refractivity contribution in [3.63, 3.8) is 0 Å². The molecule has 0 aliphatic rings. The topological polar surface area (TPSA) is 105 Å². The van der Waals surface area contributed by atoms with Crippen LogP contribution in [-0.4, -0.2) is 21.0 Å². The third kappa shape index (κ3) is 3.26. The number of benzene rings is 1. The number of aromatic nitrogens is 1. The van der Waals surface area contributed by atoms with Crippen molar-refractivity contribution in [3.05, 3.63) is 49.2 Å². The predicted octanol–water partition coefficient (Wildman–Crippen LogP) is 3.15. The Morgan fingerprint density at radius 3 is 2.81 bits per heavy atom. The van der Waals surface area contributed by atoms with Crippen molar-refractivity contribution in [1.82, 2.24) is 4.98 Å². The molecule has 1 heterocycles. The van der Waals surface area contributed by atoms with Gasteiger partial charge in [-0.15, -0.1) is 11.3 Å².